The van der Waals surface area contributed by atoms with Gasteiger partial charge in [-0.05, 0) is 55.3 Å². The normalized spacial score (nSPS) is 16.6. The number of aromatic hydroxyl groups is 1. The number of phenols is 1. The van der Waals surface area contributed by atoms with Crippen LogP contribution in [0.15, 0.2) is 48.5 Å². The number of rotatable bonds is 3. The van der Waals surface area contributed by atoms with Crippen LogP contribution in [0.4, 0.5) is 5.82 Å². The first kappa shape index (κ1) is 19.1. The Hall–Kier alpha value is -2.27. The van der Waals surface area contributed by atoms with E-state index in [2.05, 4.69) is 4.90 Å². The van der Waals surface area contributed by atoms with Gasteiger partial charge in [-0.2, -0.15) is 0 Å². The Bertz CT molecular complexity index is 1020. The lowest BCUT2D eigenvalue weighted by molar-refractivity contribution is 0.477. The number of halogens is 2. The second kappa shape index (κ2) is 7.63. The largest absolute Gasteiger partial charge is 0.507 e. The second-order valence-electron chi connectivity index (χ2n) is 7.21. The minimum absolute atomic E-state index is 0.130. The van der Waals surface area contributed by atoms with Gasteiger partial charge in [0, 0.05) is 40.3 Å². The molecule has 0 saturated carbocycles. The minimum atomic E-state index is 0.130. The first-order valence-electron chi connectivity index (χ1n) is 9.19. The number of aromatic nitrogens is 1. The Morgan fingerprint density at radius 1 is 1.11 bits per heavy atom. The van der Waals surface area contributed by atoms with Crippen molar-refractivity contribution in [2.75, 3.05) is 18.0 Å². The Labute approximate surface area is 174 Å². The quantitative estimate of drug-likeness (QED) is 0.613. The minimum Gasteiger partial charge on any atom is -0.507 e. The number of hydrogen-bond acceptors (Lipinski definition) is 4. The van der Waals surface area contributed by atoms with Crippen molar-refractivity contribution in [2.45, 2.75) is 19.4 Å². The highest BCUT2D eigenvalue weighted by atomic mass is 35.5. The van der Waals surface area contributed by atoms with Crippen molar-refractivity contribution in [1.82, 2.24) is 4.98 Å². The molecule has 2 heterocycles. The van der Waals surface area contributed by atoms with Crippen molar-refractivity contribution in [2.24, 2.45) is 5.73 Å². The summed E-state index contributed by atoms with van der Waals surface area (Å²) in [6, 6.07) is 15.0. The van der Waals surface area contributed by atoms with E-state index in [1.54, 1.807) is 6.07 Å². The van der Waals surface area contributed by atoms with E-state index in [-0.39, 0.29) is 11.8 Å². The molecule has 2 aromatic carbocycles. The molecule has 1 atom stereocenters. The van der Waals surface area contributed by atoms with Gasteiger partial charge in [0.25, 0.3) is 0 Å². The van der Waals surface area contributed by atoms with Crippen LogP contribution >= 0.6 is 23.2 Å². The van der Waals surface area contributed by atoms with E-state index in [0.29, 0.717) is 21.3 Å². The molecule has 0 spiro atoms. The van der Waals surface area contributed by atoms with Crippen molar-refractivity contribution in [3.63, 3.8) is 0 Å². The van der Waals surface area contributed by atoms with Gasteiger partial charge in [0.1, 0.15) is 11.6 Å². The molecule has 0 aliphatic carbocycles. The number of nitrogens with two attached hydrogens (primary N) is 1. The lowest BCUT2D eigenvalue weighted by atomic mass is 10.0. The van der Waals surface area contributed by atoms with Crippen LogP contribution in [0.5, 0.6) is 5.75 Å². The van der Waals surface area contributed by atoms with Crippen molar-refractivity contribution in [3.8, 4) is 28.1 Å². The zero-order valence-electron chi connectivity index (χ0n) is 15.5. The number of anilines is 1. The fraction of sp³-hybridized carbons (Fsp3) is 0.227. The molecular weight excluding hydrogens is 393 g/mol. The Balaban J connectivity index is 1.92. The summed E-state index contributed by atoms with van der Waals surface area (Å²) in [5.41, 5.74) is 10.1. The Kier molecular flexibility index (Phi) is 5.19. The van der Waals surface area contributed by atoms with Crippen LogP contribution in [0.2, 0.25) is 10.0 Å². The molecule has 3 aromatic rings. The van der Waals surface area contributed by atoms with Gasteiger partial charge in [-0.25, -0.2) is 4.98 Å². The number of nitrogens with zero attached hydrogens (tertiary/aromatic N) is 2. The van der Waals surface area contributed by atoms with Gasteiger partial charge in [0.05, 0.1) is 5.69 Å². The molecular formula is C22H21Cl2N3O. The zero-order chi connectivity index (χ0) is 19.8. The highest BCUT2D eigenvalue weighted by Crippen LogP contribution is 2.39. The lowest BCUT2D eigenvalue weighted by Gasteiger charge is -2.20. The van der Waals surface area contributed by atoms with Crippen molar-refractivity contribution in [3.05, 3.63) is 64.1 Å². The van der Waals surface area contributed by atoms with Gasteiger partial charge in [0.2, 0.25) is 0 Å². The van der Waals surface area contributed by atoms with Gasteiger partial charge < -0.3 is 15.7 Å². The van der Waals surface area contributed by atoms with Crippen LogP contribution in [-0.4, -0.2) is 29.2 Å². The smallest absolute Gasteiger partial charge is 0.129 e. The van der Waals surface area contributed by atoms with E-state index >= 15 is 0 Å². The number of aryl methyl sites for hydroxylation is 1. The molecule has 144 valence electrons. The maximum absolute atomic E-state index is 10.4. The van der Waals surface area contributed by atoms with Gasteiger partial charge in [-0.15, -0.1) is 0 Å². The molecule has 28 heavy (non-hydrogen) atoms. The topological polar surface area (TPSA) is 62.4 Å². The molecule has 1 unspecified atom stereocenters. The van der Waals surface area contributed by atoms with Gasteiger partial charge in [-0.3, -0.25) is 0 Å². The number of phenolic OH excluding ortho intramolecular Hbond substituents is 1. The molecule has 3 N–H and O–H groups in total. The molecule has 1 fully saturated rings. The molecule has 1 aliphatic rings. The fourth-order valence-electron chi connectivity index (χ4n) is 3.58. The maximum Gasteiger partial charge on any atom is 0.129 e. The SMILES string of the molecule is Cc1ccc(O)c(-c2cc(-c3c(Cl)cccc3Cl)cc(N3CCC(N)C3)n2)c1. The summed E-state index contributed by atoms with van der Waals surface area (Å²) < 4.78 is 0. The van der Waals surface area contributed by atoms with Crippen LogP contribution in [-0.2, 0) is 0 Å². The Morgan fingerprint density at radius 2 is 1.86 bits per heavy atom. The van der Waals surface area contributed by atoms with E-state index in [1.165, 1.54) is 0 Å². The summed E-state index contributed by atoms with van der Waals surface area (Å²) in [6.45, 7) is 3.57. The second-order valence-corrected chi connectivity index (χ2v) is 8.03. The van der Waals surface area contributed by atoms with Crippen LogP contribution in [0.1, 0.15) is 12.0 Å². The van der Waals surface area contributed by atoms with E-state index in [0.717, 1.165) is 42.0 Å². The highest BCUT2D eigenvalue weighted by Gasteiger charge is 2.23. The van der Waals surface area contributed by atoms with Crippen LogP contribution in [0.25, 0.3) is 22.4 Å². The standard InChI is InChI=1S/C22H21Cl2N3O/c1-13-5-6-20(28)16(9-13)19-10-14(22-17(23)3-2-4-18(22)24)11-21(26-19)27-8-7-15(25)12-27/h2-6,9-11,15,28H,7-8,12,25H2,1H3. The summed E-state index contributed by atoms with van der Waals surface area (Å²) in [5.74, 6) is 0.988. The molecule has 1 saturated heterocycles. The van der Waals surface area contributed by atoms with Crippen LogP contribution in [0.3, 0.4) is 0 Å². The summed E-state index contributed by atoms with van der Waals surface area (Å²) in [4.78, 5) is 6.99. The first-order chi connectivity index (χ1) is 13.4. The molecule has 1 aliphatic heterocycles. The fourth-order valence-corrected chi connectivity index (χ4v) is 4.20. The molecule has 0 amide bonds. The molecule has 1 aromatic heterocycles. The summed E-state index contributed by atoms with van der Waals surface area (Å²) in [7, 11) is 0. The molecule has 6 heteroatoms. The van der Waals surface area contributed by atoms with Crippen molar-refractivity contribution >= 4 is 29.0 Å². The summed E-state index contributed by atoms with van der Waals surface area (Å²) in [5, 5.41) is 11.6. The molecule has 0 bridgehead atoms. The third kappa shape index (κ3) is 3.68. The predicted octanol–water partition coefficient (Wildman–Crippen LogP) is 5.27. The van der Waals surface area contributed by atoms with E-state index in [1.807, 2.05) is 49.4 Å². The average Bonchev–Trinajstić information content (AvgIpc) is 3.10. The van der Waals surface area contributed by atoms with E-state index < -0.39 is 0 Å². The molecule has 0 radical (unpaired) electrons. The third-order valence-corrected chi connectivity index (χ3v) is 5.67. The number of hydrogen-bond donors (Lipinski definition) is 2. The first-order valence-corrected chi connectivity index (χ1v) is 9.95. The average molecular weight is 414 g/mol. The maximum atomic E-state index is 10.4. The van der Waals surface area contributed by atoms with Crippen molar-refractivity contribution < 1.29 is 5.11 Å². The van der Waals surface area contributed by atoms with Gasteiger partial charge in [0.15, 0.2) is 0 Å². The monoisotopic (exact) mass is 413 g/mol. The number of pyridine rings is 1. The summed E-state index contributed by atoms with van der Waals surface area (Å²) in [6.07, 6.45) is 0.920. The zero-order valence-corrected chi connectivity index (χ0v) is 17.0. The summed E-state index contributed by atoms with van der Waals surface area (Å²) >= 11 is 12.9. The van der Waals surface area contributed by atoms with E-state index in [9.17, 15) is 5.11 Å². The number of benzene rings is 2. The van der Waals surface area contributed by atoms with Crippen LogP contribution < -0.4 is 10.6 Å². The van der Waals surface area contributed by atoms with Crippen LogP contribution in [0, 0.1) is 6.92 Å². The molecule has 4 rings (SSSR count). The van der Waals surface area contributed by atoms with Gasteiger partial charge >= 0.3 is 0 Å². The van der Waals surface area contributed by atoms with Crippen molar-refractivity contribution in [1.29, 1.82) is 0 Å². The predicted molar refractivity (Wildman–Crippen MR) is 116 cm³/mol. The third-order valence-electron chi connectivity index (χ3n) is 5.04. The highest BCUT2D eigenvalue weighted by molar-refractivity contribution is 6.39. The lowest BCUT2D eigenvalue weighted by Crippen LogP contribution is -2.27. The van der Waals surface area contributed by atoms with Gasteiger partial charge in [-0.1, -0.05) is 40.9 Å². The molecule has 4 nitrogen and oxygen atoms in total. The Morgan fingerprint density at radius 3 is 2.54 bits per heavy atom. The van der Waals surface area contributed by atoms with E-state index in [4.69, 9.17) is 33.9 Å².